The number of amides is 2. The molecule has 2 rings (SSSR count). The number of rotatable bonds is 6. The van der Waals surface area contributed by atoms with E-state index >= 15 is 0 Å². The molecule has 2 amide bonds. The van der Waals surface area contributed by atoms with Crippen LogP contribution >= 0.6 is 0 Å². The predicted molar refractivity (Wildman–Crippen MR) is 91.2 cm³/mol. The van der Waals surface area contributed by atoms with Gasteiger partial charge in [0, 0.05) is 5.69 Å². The van der Waals surface area contributed by atoms with Crippen LogP contribution in [0.25, 0.3) is 0 Å². The molecule has 2 aromatic rings. The van der Waals surface area contributed by atoms with Crippen molar-refractivity contribution in [3.63, 3.8) is 0 Å². The van der Waals surface area contributed by atoms with Crippen molar-refractivity contribution < 1.29 is 28.6 Å². The highest BCUT2D eigenvalue weighted by molar-refractivity contribution is 5.96. The van der Waals surface area contributed by atoms with Crippen LogP contribution in [0.3, 0.4) is 0 Å². The number of ether oxygens (including phenoxy) is 1. The van der Waals surface area contributed by atoms with E-state index in [0.29, 0.717) is 5.69 Å². The maximum atomic E-state index is 12.8. The maximum absolute atomic E-state index is 12.8. The summed E-state index contributed by atoms with van der Waals surface area (Å²) < 4.78 is 17.6. The molecule has 8 heteroatoms. The van der Waals surface area contributed by atoms with Crippen LogP contribution in [-0.2, 0) is 14.3 Å². The van der Waals surface area contributed by atoms with Gasteiger partial charge in [-0.05, 0) is 48.9 Å². The molecule has 7 nitrogen and oxygen atoms in total. The Kier molecular flexibility index (Phi) is 6.26. The molecule has 26 heavy (non-hydrogen) atoms. The van der Waals surface area contributed by atoms with Crippen LogP contribution in [0.1, 0.15) is 15.9 Å². The predicted octanol–water partition coefficient (Wildman–Crippen LogP) is 1.75. The third kappa shape index (κ3) is 5.59. The number of aromatic hydroxyl groups is 1. The summed E-state index contributed by atoms with van der Waals surface area (Å²) in [7, 11) is 0. The molecule has 3 N–H and O–H groups in total. The van der Waals surface area contributed by atoms with Gasteiger partial charge in [0.15, 0.2) is 6.61 Å². The average molecular weight is 360 g/mol. The van der Waals surface area contributed by atoms with E-state index < -0.39 is 30.2 Å². The van der Waals surface area contributed by atoms with Gasteiger partial charge in [0.25, 0.3) is 5.91 Å². The first-order valence-corrected chi connectivity index (χ1v) is 7.64. The van der Waals surface area contributed by atoms with Crippen LogP contribution in [-0.4, -0.2) is 36.0 Å². The number of carbonyl (C=O) groups excluding carboxylic acids is 3. The van der Waals surface area contributed by atoms with Crippen molar-refractivity contribution in [3.05, 3.63) is 59.4 Å². The van der Waals surface area contributed by atoms with E-state index in [0.717, 1.165) is 5.56 Å². The molecule has 0 fully saturated rings. The molecular formula is C18H17FN2O5. The number of benzene rings is 2. The second-order valence-electron chi connectivity index (χ2n) is 5.43. The first-order valence-electron chi connectivity index (χ1n) is 7.64. The highest BCUT2D eigenvalue weighted by Gasteiger charge is 2.14. The molecule has 0 saturated heterocycles. The number of carbonyl (C=O) groups is 3. The number of hydrogen-bond donors (Lipinski definition) is 3. The zero-order chi connectivity index (χ0) is 19.1. The molecule has 0 heterocycles. The standard InChI is InChI=1S/C18H17FN2O5/c1-11-2-7-14(15(22)8-11)18(25)26-10-17(24)20-9-16(23)21-13-5-3-12(19)4-6-13/h2-8,22H,9-10H2,1H3,(H,20,24)(H,21,23). The van der Waals surface area contributed by atoms with Gasteiger partial charge in [0.2, 0.25) is 5.91 Å². The van der Waals surface area contributed by atoms with Gasteiger partial charge in [0.1, 0.15) is 17.1 Å². The topological polar surface area (TPSA) is 105 Å². The van der Waals surface area contributed by atoms with Crippen molar-refractivity contribution in [2.75, 3.05) is 18.5 Å². The maximum Gasteiger partial charge on any atom is 0.342 e. The van der Waals surface area contributed by atoms with E-state index in [9.17, 15) is 23.9 Å². The third-order valence-corrected chi connectivity index (χ3v) is 3.28. The molecule has 0 unspecified atom stereocenters. The SMILES string of the molecule is Cc1ccc(C(=O)OCC(=O)NCC(=O)Nc2ccc(F)cc2)c(O)c1. The summed E-state index contributed by atoms with van der Waals surface area (Å²) in [4.78, 5) is 35.1. The van der Waals surface area contributed by atoms with E-state index in [2.05, 4.69) is 10.6 Å². The zero-order valence-corrected chi connectivity index (χ0v) is 13.9. The minimum Gasteiger partial charge on any atom is -0.507 e. The summed E-state index contributed by atoms with van der Waals surface area (Å²) in [5.41, 5.74) is 1.09. The summed E-state index contributed by atoms with van der Waals surface area (Å²) in [5.74, 6) is -2.73. The Hall–Kier alpha value is -3.42. The van der Waals surface area contributed by atoms with Gasteiger partial charge in [-0.1, -0.05) is 6.07 Å². The molecule has 0 aliphatic heterocycles. The fourth-order valence-corrected chi connectivity index (χ4v) is 1.99. The van der Waals surface area contributed by atoms with Crippen molar-refractivity contribution >= 4 is 23.5 Å². The first-order chi connectivity index (χ1) is 12.3. The molecule has 2 aromatic carbocycles. The second-order valence-corrected chi connectivity index (χ2v) is 5.43. The molecule has 0 radical (unpaired) electrons. The Balaban J connectivity index is 1.75. The molecule has 0 aliphatic rings. The highest BCUT2D eigenvalue weighted by atomic mass is 19.1. The van der Waals surface area contributed by atoms with Gasteiger partial charge >= 0.3 is 5.97 Å². The van der Waals surface area contributed by atoms with Crippen LogP contribution in [0.4, 0.5) is 10.1 Å². The van der Waals surface area contributed by atoms with Crippen LogP contribution in [0.5, 0.6) is 5.75 Å². The van der Waals surface area contributed by atoms with E-state index in [1.807, 2.05) is 0 Å². The summed E-state index contributed by atoms with van der Waals surface area (Å²) in [6.45, 7) is 0.804. The Morgan fingerprint density at radius 2 is 1.77 bits per heavy atom. The van der Waals surface area contributed by atoms with Crippen LogP contribution in [0.15, 0.2) is 42.5 Å². The van der Waals surface area contributed by atoms with E-state index in [4.69, 9.17) is 4.74 Å². The lowest BCUT2D eigenvalue weighted by molar-refractivity contribution is -0.126. The molecule has 0 aliphatic carbocycles. The molecule has 0 spiro atoms. The Bertz CT molecular complexity index is 821. The third-order valence-electron chi connectivity index (χ3n) is 3.28. The van der Waals surface area contributed by atoms with Gasteiger partial charge in [0.05, 0.1) is 6.54 Å². The van der Waals surface area contributed by atoms with E-state index in [1.165, 1.54) is 36.4 Å². The second kappa shape index (κ2) is 8.61. The summed E-state index contributed by atoms with van der Waals surface area (Å²) in [6.07, 6.45) is 0. The average Bonchev–Trinajstić information content (AvgIpc) is 2.60. The first kappa shape index (κ1) is 18.9. The van der Waals surface area contributed by atoms with Gasteiger partial charge in [-0.3, -0.25) is 9.59 Å². The van der Waals surface area contributed by atoms with Gasteiger partial charge in [-0.2, -0.15) is 0 Å². The Morgan fingerprint density at radius 1 is 1.08 bits per heavy atom. The number of halogens is 1. The molecule has 0 aromatic heterocycles. The lowest BCUT2D eigenvalue weighted by atomic mass is 10.1. The van der Waals surface area contributed by atoms with Gasteiger partial charge in [-0.25, -0.2) is 9.18 Å². The minimum absolute atomic E-state index is 0.0579. The van der Waals surface area contributed by atoms with E-state index in [1.54, 1.807) is 13.0 Å². The largest absolute Gasteiger partial charge is 0.507 e. The van der Waals surface area contributed by atoms with E-state index in [-0.39, 0.29) is 17.9 Å². The molecule has 136 valence electrons. The molecule has 0 bridgehead atoms. The lowest BCUT2D eigenvalue weighted by Gasteiger charge is -2.08. The molecular weight excluding hydrogens is 343 g/mol. The highest BCUT2D eigenvalue weighted by Crippen LogP contribution is 2.19. The fourth-order valence-electron chi connectivity index (χ4n) is 1.99. The van der Waals surface area contributed by atoms with Crippen molar-refractivity contribution in [1.29, 1.82) is 0 Å². The van der Waals surface area contributed by atoms with Crippen molar-refractivity contribution in [1.82, 2.24) is 5.32 Å². The van der Waals surface area contributed by atoms with Crippen LogP contribution in [0, 0.1) is 12.7 Å². The minimum atomic E-state index is -0.853. The number of esters is 1. The van der Waals surface area contributed by atoms with Crippen molar-refractivity contribution in [2.24, 2.45) is 0 Å². The van der Waals surface area contributed by atoms with Gasteiger partial charge in [-0.15, -0.1) is 0 Å². The number of nitrogens with one attached hydrogen (secondary N) is 2. The molecule has 0 saturated carbocycles. The summed E-state index contributed by atoms with van der Waals surface area (Å²) in [6, 6.07) is 9.55. The van der Waals surface area contributed by atoms with Crippen molar-refractivity contribution in [2.45, 2.75) is 6.92 Å². The van der Waals surface area contributed by atoms with Crippen LogP contribution in [0.2, 0.25) is 0 Å². The quantitative estimate of drug-likeness (QED) is 0.681. The number of anilines is 1. The monoisotopic (exact) mass is 360 g/mol. The number of phenolic OH excluding ortho intramolecular Hbond substituents is 1. The number of aryl methyl sites for hydroxylation is 1. The number of hydrogen-bond acceptors (Lipinski definition) is 5. The lowest BCUT2D eigenvalue weighted by Crippen LogP contribution is -2.35. The number of phenols is 1. The zero-order valence-electron chi connectivity index (χ0n) is 13.9. The Morgan fingerprint density at radius 3 is 2.42 bits per heavy atom. The normalized spacial score (nSPS) is 10.1. The summed E-state index contributed by atoms with van der Waals surface area (Å²) in [5, 5.41) is 14.4. The fraction of sp³-hybridized carbons (Fsp3) is 0.167. The van der Waals surface area contributed by atoms with Crippen molar-refractivity contribution in [3.8, 4) is 5.75 Å². The smallest absolute Gasteiger partial charge is 0.342 e. The van der Waals surface area contributed by atoms with Gasteiger partial charge < -0.3 is 20.5 Å². The summed E-state index contributed by atoms with van der Waals surface area (Å²) >= 11 is 0. The molecule has 0 atom stereocenters. The van der Waals surface area contributed by atoms with Crippen LogP contribution < -0.4 is 10.6 Å². The Labute approximate surface area is 148 Å².